The molecule has 1 saturated heterocycles. The maximum Gasteiger partial charge on any atom is 0.0589 e. The summed E-state index contributed by atoms with van der Waals surface area (Å²) in [4.78, 5) is 0. The summed E-state index contributed by atoms with van der Waals surface area (Å²) in [7, 11) is 0. The SMILES string of the molecule is CCCC1CC(NCC(C)C(C)C)CCO1. The van der Waals surface area contributed by atoms with Crippen LogP contribution < -0.4 is 5.32 Å². The van der Waals surface area contributed by atoms with Gasteiger partial charge in [0.1, 0.15) is 0 Å². The van der Waals surface area contributed by atoms with Gasteiger partial charge in [0.15, 0.2) is 0 Å². The van der Waals surface area contributed by atoms with E-state index in [1.54, 1.807) is 0 Å². The molecular formula is C14H29NO. The van der Waals surface area contributed by atoms with Crippen molar-refractivity contribution >= 4 is 0 Å². The maximum absolute atomic E-state index is 5.76. The number of hydrogen-bond acceptors (Lipinski definition) is 2. The summed E-state index contributed by atoms with van der Waals surface area (Å²) in [6.07, 6.45) is 5.35. The van der Waals surface area contributed by atoms with Gasteiger partial charge in [-0.1, -0.05) is 34.1 Å². The fourth-order valence-electron chi connectivity index (χ4n) is 2.18. The minimum atomic E-state index is 0.505. The van der Waals surface area contributed by atoms with Crippen LogP contribution in [0.3, 0.4) is 0 Å². The van der Waals surface area contributed by atoms with Gasteiger partial charge in [-0.05, 0) is 37.6 Å². The number of nitrogens with one attached hydrogen (secondary N) is 1. The summed E-state index contributed by atoms with van der Waals surface area (Å²) >= 11 is 0. The highest BCUT2D eigenvalue weighted by atomic mass is 16.5. The fraction of sp³-hybridized carbons (Fsp3) is 1.00. The van der Waals surface area contributed by atoms with Gasteiger partial charge in [0, 0.05) is 12.6 Å². The molecule has 0 bridgehead atoms. The van der Waals surface area contributed by atoms with Gasteiger partial charge in [0.2, 0.25) is 0 Å². The van der Waals surface area contributed by atoms with Crippen molar-refractivity contribution in [2.24, 2.45) is 11.8 Å². The van der Waals surface area contributed by atoms with Crippen LogP contribution in [0, 0.1) is 11.8 Å². The lowest BCUT2D eigenvalue weighted by molar-refractivity contribution is -0.00383. The third-order valence-corrected chi connectivity index (χ3v) is 3.84. The van der Waals surface area contributed by atoms with Crippen LogP contribution in [0.5, 0.6) is 0 Å². The van der Waals surface area contributed by atoms with Crippen LogP contribution in [-0.4, -0.2) is 25.3 Å². The molecule has 0 spiro atoms. The highest BCUT2D eigenvalue weighted by Crippen LogP contribution is 2.18. The van der Waals surface area contributed by atoms with Crippen LogP contribution in [0.4, 0.5) is 0 Å². The molecule has 0 aliphatic carbocycles. The van der Waals surface area contributed by atoms with Crippen molar-refractivity contribution in [1.82, 2.24) is 5.32 Å². The van der Waals surface area contributed by atoms with Gasteiger partial charge in [0.25, 0.3) is 0 Å². The molecule has 1 N–H and O–H groups in total. The van der Waals surface area contributed by atoms with Crippen molar-refractivity contribution in [3.05, 3.63) is 0 Å². The highest BCUT2D eigenvalue weighted by molar-refractivity contribution is 4.77. The molecular weight excluding hydrogens is 198 g/mol. The summed E-state index contributed by atoms with van der Waals surface area (Å²) in [5.74, 6) is 1.55. The number of rotatable bonds is 6. The van der Waals surface area contributed by atoms with Crippen LogP contribution in [-0.2, 0) is 4.74 Å². The monoisotopic (exact) mass is 227 g/mol. The molecule has 2 nitrogen and oxygen atoms in total. The lowest BCUT2D eigenvalue weighted by Crippen LogP contribution is -2.41. The molecule has 0 aromatic heterocycles. The Labute approximate surface area is 101 Å². The number of hydrogen-bond donors (Lipinski definition) is 1. The molecule has 1 aliphatic rings. The van der Waals surface area contributed by atoms with Crippen molar-refractivity contribution in [1.29, 1.82) is 0 Å². The molecule has 16 heavy (non-hydrogen) atoms. The Morgan fingerprint density at radius 1 is 1.31 bits per heavy atom. The Morgan fingerprint density at radius 2 is 2.06 bits per heavy atom. The molecule has 1 fully saturated rings. The van der Waals surface area contributed by atoms with Crippen LogP contribution in [0.25, 0.3) is 0 Å². The van der Waals surface area contributed by atoms with E-state index in [1.807, 2.05) is 0 Å². The Bertz CT molecular complexity index is 180. The highest BCUT2D eigenvalue weighted by Gasteiger charge is 2.22. The first-order valence-corrected chi connectivity index (χ1v) is 6.98. The molecule has 0 radical (unpaired) electrons. The molecule has 1 rings (SSSR count). The minimum Gasteiger partial charge on any atom is -0.378 e. The lowest BCUT2D eigenvalue weighted by atomic mass is 9.96. The third kappa shape index (κ3) is 4.84. The van der Waals surface area contributed by atoms with E-state index < -0.39 is 0 Å². The van der Waals surface area contributed by atoms with E-state index in [1.165, 1.54) is 25.7 Å². The van der Waals surface area contributed by atoms with Gasteiger partial charge >= 0.3 is 0 Å². The van der Waals surface area contributed by atoms with Gasteiger partial charge < -0.3 is 10.1 Å². The van der Waals surface area contributed by atoms with Crippen molar-refractivity contribution in [2.75, 3.05) is 13.2 Å². The zero-order valence-electron chi connectivity index (χ0n) is 11.5. The van der Waals surface area contributed by atoms with Gasteiger partial charge in [-0.15, -0.1) is 0 Å². The maximum atomic E-state index is 5.76. The first-order chi connectivity index (χ1) is 7.63. The van der Waals surface area contributed by atoms with E-state index >= 15 is 0 Å². The summed E-state index contributed by atoms with van der Waals surface area (Å²) in [6, 6.07) is 0.687. The molecule has 2 heteroatoms. The van der Waals surface area contributed by atoms with Crippen LogP contribution in [0.15, 0.2) is 0 Å². The normalized spacial score (nSPS) is 28.3. The van der Waals surface area contributed by atoms with Crippen molar-refractivity contribution in [2.45, 2.75) is 65.5 Å². The fourth-order valence-corrected chi connectivity index (χ4v) is 2.18. The van der Waals surface area contributed by atoms with E-state index in [0.717, 1.165) is 25.0 Å². The average molecular weight is 227 g/mol. The molecule has 1 heterocycles. The second kappa shape index (κ2) is 7.29. The standard InChI is InChI=1S/C14H29NO/c1-5-6-14-9-13(7-8-16-14)15-10-12(4)11(2)3/h11-15H,5-10H2,1-4H3. The molecule has 0 aromatic rings. The number of ether oxygens (including phenoxy) is 1. The van der Waals surface area contributed by atoms with Gasteiger partial charge in [-0.3, -0.25) is 0 Å². The van der Waals surface area contributed by atoms with E-state index in [-0.39, 0.29) is 0 Å². The van der Waals surface area contributed by atoms with E-state index in [9.17, 15) is 0 Å². The molecule has 3 atom stereocenters. The Morgan fingerprint density at radius 3 is 2.69 bits per heavy atom. The molecule has 96 valence electrons. The molecule has 0 aromatic carbocycles. The van der Waals surface area contributed by atoms with Crippen LogP contribution in [0.1, 0.15) is 53.4 Å². The minimum absolute atomic E-state index is 0.505. The quantitative estimate of drug-likeness (QED) is 0.752. The average Bonchev–Trinajstić information content (AvgIpc) is 2.26. The molecule has 1 aliphatic heterocycles. The van der Waals surface area contributed by atoms with Crippen LogP contribution >= 0.6 is 0 Å². The van der Waals surface area contributed by atoms with Gasteiger partial charge in [-0.25, -0.2) is 0 Å². The van der Waals surface area contributed by atoms with Crippen molar-refractivity contribution < 1.29 is 4.74 Å². The second-order valence-corrected chi connectivity index (χ2v) is 5.63. The Balaban J connectivity index is 2.21. The predicted molar refractivity (Wildman–Crippen MR) is 69.7 cm³/mol. The van der Waals surface area contributed by atoms with Crippen LogP contribution in [0.2, 0.25) is 0 Å². The first-order valence-electron chi connectivity index (χ1n) is 6.98. The Hall–Kier alpha value is -0.0800. The molecule has 3 unspecified atom stereocenters. The summed E-state index contributed by atoms with van der Waals surface area (Å²) in [5, 5.41) is 3.71. The summed E-state index contributed by atoms with van der Waals surface area (Å²) in [5.41, 5.74) is 0. The second-order valence-electron chi connectivity index (χ2n) is 5.63. The third-order valence-electron chi connectivity index (χ3n) is 3.84. The van der Waals surface area contributed by atoms with Crippen molar-refractivity contribution in [3.8, 4) is 0 Å². The predicted octanol–water partition coefficient (Wildman–Crippen LogP) is 3.22. The Kier molecular flexibility index (Phi) is 6.37. The molecule has 0 amide bonds. The van der Waals surface area contributed by atoms with Gasteiger partial charge in [0.05, 0.1) is 6.10 Å². The van der Waals surface area contributed by atoms with E-state index in [2.05, 4.69) is 33.0 Å². The van der Waals surface area contributed by atoms with Gasteiger partial charge in [-0.2, -0.15) is 0 Å². The largest absolute Gasteiger partial charge is 0.378 e. The smallest absolute Gasteiger partial charge is 0.0589 e. The molecule has 0 saturated carbocycles. The van der Waals surface area contributed by atoms with E-state index in [0.29, 0.717) is 12.1 Å². The zero-order valence-corrected chi connectivity index (χ0v) is 11.5. The van der Waals surface area contributed by atoms with Crippen molar-refractivity contribution in [3.63, 3.8) is 0 Å². The zero-order chi connectivity index (χ0) is 12.0. The summed E-state index contributed by atoms with van der Waals surface area (Å²) < 4.78 is 5.76. The first kappa shape index (κ1) is 14.0. The lowest BCUT2D eigenvalue weighted by Gasteiger charge is -2.31. The topological polar surface area (TPSA) is 21.3 Å². The summed E-state index contributed by atoms with van der Waals surface area (Å²) in [6.45, 7) is 11.3. The van der Waals surface area contributed by atoms with E-state index in [4.69, 9.17) is 4.74 Å².